The topological polar surface area (TPSA) is 103 Å². The fourth-order valence-corrected chi connectivity index (χ4v) is 7.09. The summed E-state index contributed by atoms with van der Waals surface area (Å²) in [5, 5.41) is 27.6. The van der Waals surface area contributed by atoms with E-state index in [-0.39, 0.29) is 23.3 Å². The number of hydrogen-bond acceptors (Lipinski definition) is 6. The Labute approximate surface area is 194 Å². The molecule has 0 aromatic rings. The number of aliphatic imine (C=N–C) groups is 1. The molecule has 2 heterocycles. The van der Waals surface area contributed by atoms with Crippen LogP contribution in [-0.4, -0.2) is 59.3 Å². The van der Waals surface area contributed by atoms with Crippen LogP contribution < -0.4 is 10.6 Å². The highest BCUT2D eigenvalue weighted by Gasteiger charge is 2.67. The molecule has 0 aromatic carbocycles. The van der Waals surface area contributed by atoms with Crippen LogP contribution in [0.4, 0.5) is 0 Å². The molecule has 4 N–H and O–H groups in total. The summed E-state index contributed by atoms with van der Waals surface area (Å²) in [5.41, 5.74) is 1.72. The first kappa shape index (κ1) is 22.5. The Kier molecular flexibility index (Phi) is 5.17. The van der Waals surface area contributed by atoms with E-state index in [0.29, 0.717) is 18.5 Å². The molecule has 2 bridgehead atoms. The molecule has 1 amide bonds. The van der Waals surface area contributed by atoms with Crippen molar-refractivity contribution in [1.82, 2.24) is 10.6 Å². The van der Waals surface area contributed by atoms with Gasteiger partial charge in [-0.25, -0.2) is 0 Å². The summed E-state index contributed by atoms with van der Waals surface area (Å²) in [4.78, 5) is 17.0. The lowest BCUT2D eigenvalue weighted by atomic mass is 9.59. The second kappa shape index (κ2) is 7.60. The van der Waals surface area contributed by atoms with Crippen LogP contribution in [0.15, 0.2) is 64.5 Å². The van der Waals surface area contributed by atoms with E-state index in [1.807, 2.05) is 7.05 Å². The largest absolute Gasteiger partial charge is 0.388 e. The molecule has 2 spiro atoms. The molecular weight excluding hydrogens is 418 g/mol. The Balaban J connectivity index is 1.50. The van der Waals surface area contributed by atoms with Crippen LogP contribution in [0.3, 0.4) is 0 Å². The summed E-state index contributed by atoms with van der Waals surface area (Å²) in [6, 6.07) is -0.238. The van der Waals surface area contributed by atoms with Gasteiger partial charge < -0.3 is 25.6 Å². The van der Waals surface area contributed by atoms with Crippen molar-refractivity contribution in [2.45, 2.75) is 68.5 Å². The van der Waals surface area contributed by atoms with Crippen LogP contribution in [-0.2, 0) is 9.53 Å². The van der Waals surface area contributed by atoms with Crippen LogP contribution in [0.1, 0.15) is 39.0 Å². The number of likely N-dealkylation sites (N-methyl/N-ethyl adjacent to an activating group) is 1. The quantitative estimate of drug-likeness (QED) is 0.379. The van der Waals surface area contributed by atoms with Crippen molar-refractivity contribution in [3.63, 3.8) is 0 Å². The molecule has 7 heteroatoms. The third-order valence-corrected chi connectivity index (χ3v) is 8.78. The van der Waals surface area contributed by atoms with Gasteiger partial charge in [-0.3, -0.25) is 9.79 Å². The van der Waals surface area contributed by atoms with Crippen molar-refractivity contribution in [3.05, 3.63) is 59.5 Å². The van der Waals surface area contributed by atoms with Gasteiger partial charge in [-0.1, -0.05) is 31.7 Å². The number of carbonyl (C=O) groups is 1. The van der Waals surface area contributed by atoms with Crippen LogP contribution in [0.25, 0.3) is 0 Å². The van der Waals surface area contributed by atoms with Gasteiger partial charge in [-0.15, -0.1) is 0 Å². The molecule has 2 fully saturated rings. The van der Waals surface area contributed by atoms with E-state index in [9.17, 15) is 15.0 Å². The highest BCUT2D eigenvalue weighted by Crippen LogP contribution is 2.66. The highest BCUT2D eigenvalue weighted by molar-refractivity contribution is 5.97. The summed E-state index contributed by atoms with van der Waals surface area (Å²) in [6.07, 6.45) is 11.2. The predicted octanol–water partition coefficient (Wildman–Crippen LogP) is 2.05. The Hall–Kier alpha value is -2.32. The van der Waals surface area contributed by atoms with Crippen molar-refractivity contribution in [2.24, 2.45) is 16.3 Å². The Morgan fingerprint density at radius 2 is 2.12 bits per heavy atom. The number of aliphatic hydroxyl groups is 2. The van der Waals surface area contributed by atoms with Crippen molar-refractivity contribution in [3.8, 4) is 0 Å². The minimum atomic E-state index is -0.952. The lowest BCUT2D eigenvalue weighted by Gasteiger charge is -2.55. The SMILES string of the molecule is C=C/C(=C\N=C)NC(=O)C1=CC[C@@H]2[C@]1(C)CC=C1C=C3[C@@H](O)[C@H](O)[C@@H](NC)C[C@]34CC[C@@]12O4. The van der Waals surface area contributed by atoms with E-state index in [1.165, 1.54) is 6.20 Å². The maximum absolute atomic E-state index is 13.2. The number of aliphatic hydroxyl groups excluding tert-OH is 2. The molecule has 7 atom stereocenters. The van der Waals surface area contributed by atoms with E-state index >= 15 is 0 Å². The van der Waals surface area contributed by atoms with Gasteiger partial charge >= 0.3 is 0 Å². The van der Waals surface area contributed by atoms with E-state index in [4.69, 9.17) is 4.74 Å². The zero-order valence-corrected chi connectivity index (χ0v) is 19.3. The average molecular weight is 452 g/mol. The maximum Gasteiger partial charge on any atom is 0.251 e. The summed E-state index contributed by atoms with van der Waals surface area (Å²) >= 11 is 0. The van der Waals surface area contributed by atoms with Gasteiger partial charge in [0, 0.05) is 29.1 Å². The number of hydrogen-bond donors (Lipinski definition) is 4. The van der Waals surface area contributed by atoms with Crippen molar-refractivity contribution in [1.29, 1.82) is 0 Å². The van der Waals surface area contributed by atoms with E-state index < -0.39 is 23.4 Å². The molecule has 3 aliphatic carbocycles. The molecule has 0 aromatic heterocycles. The second-order valence-corrected chi connectivity index (χ2v) is 10.2. The monoisotopic (exact) mass is 451 g/mol. The number of rotatable bonds is 5. The van der Waals surface area contributed by atoms with Gasteiger partial charge in [0.05, 0.1) is 23.0 Å². The molecule has 176 valence electrons. The fraction of sp³-hybridized carbons (Fsp3) is 0.538. The Morgan fingerprint density at radius 1 is 1.33 bits per heavy atom. The van der Waals surface area contributed by atoms with Gasteiger partial charge in [-0.05, 0) is 63.1 Å². The first-order valence-corrected chi connectivity index (χ1v) is 11.7. The smallest absolute Gasteiger partial charge is 0.251 e. The molecule has 2 aliphatic heterocycles. The standard InChI is InChI=1S/C26H33N3O4/c1-5-16(14-27-3)29-23(32)17-6-7-20-24(17,2)9-8-15-12-18-21(30)22(31)19(28-4)13-25(18)10-11-26(15,20)33-25/h5-6,8,12,14,19-22,28,30-31H,1,3,7,9-11,13H2,2,4H3,(H,29,32)/b16-14+/t19-,20+,21+,22+,24+,25+,26+/m0/s1. The van der Waals surface area contributed by atoms with Crippen LogP contribution in [0.5, 0.6) is 0 Å². The molecular formula is C26H33N3O4. The number of amides is 1. The first-order valence-electron chi connectivity index (χ1n) is 11.7. The Morgan fingerprint density at radius 3 is 2.82 bits per heavy atom. The third-order valence-electron chi connectivity index (χ3n) is 8.78. The third kappa shape index (κ3) is 2.96. The predicted molar refractivity (Wildman–Crippen MR) is 126 cm³/mol. The number of nitrogens with one attached hydrogen (secondary N) is 2. The van der Waals surface area contributed by atoms with E-state index in [1.54, 1.807) is 6.08 Å². The normalized spacial score (nSPS) is 43.4. The molecule has 1 saturated heterocycles. The van der Waals surface area contributed by atoms with Crippen LogP contribution in [0.2, 0.25) is 0 Å². The maximum atomic E-state index is 13.2. The summed E-state index contributed by atoms with van der Waals surface area (Å²) in [6.45, 7) is 9.34. The first-order chi connectivity index (χ1) is 15.7. The minimum Gasteiger partial charge on any atom is -0.388 e. The van der Waals surface area contributed by atoms with Gasteiger partial charge in [0.25, 0.3) is 5.91 Å². The Bertz CT molecular complexity index is 1040. The van der Waals surface area contributed by atoms with Crippen LogP contribution >= 0.6 is 0 Å². The molecule has 0 radical (unpaired) electrons. The molecule has 1 saturated carbocycles. The zero-order valence-electron chi connectivity index (χ0n) is 19.3. The number of carbonyl (C=O) groups excluding carboxylic acids is 1. The van der Waals surface area contributed by atoms with Crippen molar-refractivity contribution >= 4 is 12.6 Å². The zero-order chi connectivity index (χ0) is 23.6. The van der Waals surface area contributed by atoms with Crippen LogP contribution in [0, 0.1) is 11.3 Å². The lowest BCUT2D eigenvalue weighted by Crippen LogP contribution is -2.61. The van der Waals surface area contributed by atoms with E-state index in [0.717, 1.165) is 36.0 Å². The lowest BCUT2D eigenvalue weighted by molar-refractivity contribution is -0.155. The molecule has 33 heavy (non-hydrogen) atoms. The molecule has 0 unspecified atom stereocenters. The second-order valence-electron chi connectivity index (χ2n) is 10.2. The van der Waals surface area contributed by atoms with Gasteiger partial charge in [0.15, 0.2) is 0 Å². The fourth-order valence-electron chi connectivity index (χ4n) is 7.09. The van der Waals surface area contributed by atoms with Gasteiger partial charge in [0.1, 0.15) is 6.10 Å². The molecule has 7 nitrogen and oxygen atoms in total. The van der Waals surface area contributed by atoms with Gasteiger partial charge in [-0.2, -0.15) is 0 Å². The molecule has 5 aliphatic rings. The number of fused-ring (bicyclic) bond motifs is 1. The van der Waals surface area contributed by atoms with Crippen molar-refractivity contribution in [2.75, 3.05) is 7.05 Å². The van der Waals surface area contributed by atoms with Gasteiger partial charge in [0.2, 0.25) is 0 Å². The molecule has 5 rings (SSSR count). The average Bonchev–Trinajstić information content (AvgIpc) is 3.32. The minimum absolute atomic E-state index is 0.119. The summed E-state index contributed by atoms with van der Waals surface area (Å²) in [5.74, 6) is -0.0251. The number of ether oxygens (including phenoxy) is 1. The van der Waals surface area contributed by atoms with E-state index in [2.05, 4.69) is 54.1 Å². The van der Waals surface area contributed by atoms with Crippen molar-refractivity contribution < 1.29 is 19.7 Å². The summed E-state index contributed by atoms with van der Waals surface area (Å²) in [7, 11) is 1.81. The highest BCUT2D eigenvalue weighted by atomic mass is 16.5. The number of nitrogens with zero attached hydrogens (tertiary/aromatic N) is 1. The number of allylic oxidation sites excluding steroid dienone is 3. The summed E-state index contributed by atoms with van der Waals surface area (Å²) < 4.78 is 7.02.